The van der Waals surface area contributed by atoms with Gasteiger partial charge in [-0.1, -0.05) is 18.3 Å². The van der Waals surface area contributed by atoms with Gasteiger partial charge in [-0.25, -0.2) is 19.7 Å². The molecular weight excluding hydrogens is 464 g/mol. The van der Waals surface area contributed by atoms with E-state index in [9.17, 15) is 4.79 Å². The molecule has 0 aromatic carbocycles. The lowest BCUT2D eigenvalue weighted by Gasteiger charge is -2.36. The Kier molecular flexibility index (Phi) is 7.79. The number of anilines is 2. The molecule has 5 rings (SSSR count). The second-order valence-electron chi connectivity index (χ2n) is 9.77. The maximum absolute atomic E-state index is 12.7. The van der Waals surface area contributed by atoms with Crippen molar-refractivity contribution in [2.24, 2.45) is 5.92 Å². The van der Waals surface area contributed by atoms with Crippen LogP contribution in [0, 0.1) is 5.92 Å². The van der Waals surface area contributed by atoms with E-state index in [-0.39, 0.29) is 5.97 Å². The third-order valence-corrected chi connectivity index (χ3v) is 8.16. The largest absolute Gasteiger partial charge is 0.462 e. The summed E-state index contributed by atoms with van der Waals surface area (Å²) in [5.41, 5.74) is 1.18. The standard InChI is InChI=1S/C25H36N6O3S/c1-3-33-24(32)23-22(28-25(35-23)31-8-4-6-18(2)16-31)20-14-27-21(15-26-20)30-11-9-29(10-12-30)17-19-7-5-13-34-19/h14-15,18-19H,3-13,16-17H2,1-2H3/t18-,19?/m1/s1. The van der Waals surface area contributed by atoms with Crippen molar-refractivity contribution in [3.05, 3.63) is 17.3 Å². The fourth-order valence-electron chi connectivity index (χ4n) is 5.16. The molecule has 0 bridgehead atoms. The van der Waals surface area contributed by atoms with Crippen LogP contribution in [0.1, 0.15) is 49.2 Å². The predicted octanol–water partition coefficient (Wildman–Crippen LogP) is 3.31. The Balaban J connectivity index is 1.28. The van der Waals surface area contributed by atoms with E-state index in [0.29, 0.717) is 34.9 Å². The van der Waals surface area contributed by atoms with Crippen LogP contribution in [0.3, 0.4) is 0 Å². The van der Waals surface area contributed by atoms with Gasteiger partial charge >= 0.3 is 5.97 Å². The summed E-state index contributed by atoms with van der Waals surface area (Å²) in [5, 5.41) is 0.864. The molecule has 9 nitrogen and oxygen atoms in total. The SMILES string of the molecule is CCOC(=O)c1sc(N2CCC[C@@H](C)C2)nc1-c1cnc(N2CCN(CC3CCCO3)CC2)cn1. The van der Waals surface area contributed by atoms with E-state index < -0.39 is 0 Å². The Labute approximate surface area is 211 Å². The molecule has 2 atom stereocenters. The van der Waals surface area contributed by atoms with Crippen LogP contribution in [0.4, 0.5) is 10.9 Å². The summed E-state index contributed by atoms with van der Waals surface area (Å²) in [6.07, 6.45) is 8.68. The molecule has 10 heteroatoms. The summed E-state index contributed by atoms with van der Waals surface area (Å²) in [4.78, 5) is 34.5. The van der Waals surface area contributed by atoms with Crippen molar-refractivity contribution in [1.82, 2.24) is 19.9 Å². The van der Waals surface area contributed by atoms with Crippen LogP contribution in [0.25, 0.3) is 11.4 Å². The van der Waals surface area contributed by atoms with Crippen molar-refractivity contribution in [2.45, 2.75) is 45.6 Å². The first kappa shape index (κ1) is 24.4. The molecule has 2 aromatic heterocycles. The predicted molar refractivity (Wildman–Crippen MR) is 137 cm³/mol. The lowest BCUT2D eigenvalue weighted by atomic mass is 10.0. The summed E-state index contributed by atoms with van der Waals surface area (Å²) in [5.74, 6) is 1.14. The minimum absolute atomic E-state index is 0.329. The normalized spacial score (nSPS) is 23.6. The second kappa shape index (κ2) is 11.2. The fraction of sp³-hybridized carbons (Fsp3) is 0.680. The molecule has 0 amide bonds. The Hall–Kier alpha value is -2.30. The minimum atomic E-state index is -0.343. The first-order valence-electron chi connectivity index (χ1n) is 12.9. The quantitative estimate of drug-likeness (QED) is 0.532. The van der Waals surface area contributed by atoms with E-state index in [2.05, 4.69) is 26.6 Å². The Morgan fingerprint density at radius 1 is 1.11 bits per heavy atom. The Bertz CT molecular complexity index is 986. The van der Waals surface area contributed by atoms with Crippen molar-refractivity contribution < 1.29 is 14.3 Å². The molecule has 0 spiro atoms. The monoisotopic (exact) mass is 500 g/mol. The van der Waals surface area contributed by atoms with Crippen LogP contribution in [0.5, 0.6) is 0 Å². The van der Waals surface area contributed by atoms with Gasteiger partial charge in [-0.05, 0) is 38.5 Å². The highest BCUT2D eigenvalue weighted by molar-refractivity contribution is 7.17. The summed E-state index contributed by atoms with van der Waals surface area (Å²) in [6.45, 7) is 12.1. The average molecular weight is 501 g/mol. The number of hydrogen-bond acceptors (Lipinski definition) is 10. The highest BCUT2D eigenvalue weighted by Gasteiger charge is 2.27. The molecule has 3 fully saturated rings. The van der Waals surface area contributed by atoms with E-state index in [1.54, 1.807) is 6.20 Å². The van der Waals surface area contributed by atoms with Crippen molar-refractivity contribution in [3.8, 4) is 11.4 Å². The summed E-state index contributed by atoms with van der Waals surface area (Å²) < 4.78 is 11.1. The number of rotatable bonds is 7. The highest BCUT2D eigenvalue weighted by Crippen LogP contribution is 2.35. The molecule has 3 aliphatic rings. The number of esters is 1. The number of carbonyl (C=O) groups excluding carboxylic acids is 1. The van der Waals surface area contributed by atoms with E-state index in [4.69, 9.17) is 19.4 Å². The van der Waals surface area contributed by atoms with E-state index in [0.717, 1.165) is 69.8 Å². The third kappa shape index (κ3) is 5.76. The van der Waals surface area contributed by atoms with Crippen LogP contribution in [-0.4, -0.2) is 91.0 Å². The first-order chi connectivity index (χ1) is 17.1. The van der Waals surface area contributed by atoms with Crippen LogP contribution < -0.4 is 9.80 Å². The van der Waals surface area contributed by atoms with Gasteiger partial charge in [0.15, 0.2) is 5.13 Å². The molecule has 3 aliphatic heterocycles. The number of aromatic nitrogens is 3. The third-order valence-electron chi connectivity index (χ3n) is 7.07. The van der Waals surface area contributed by atoms with Gasteiger partial charge < -0.3 is 19.3 Å². The van der Waals surface area contributed by atoms with Crippen LogP contribution in [0.15, 0.2) is 12.4 Å². The van der Waals surface area contributed by atoms with Gasteiger partial charge in [0.05, 0.1) is 25.1 Å². The molecule has 190 valence electrons. The summed E-state index contributed by atoms with van der Waals surface area (Å²) in [7, 11) is 0. The first-order valence-corrected chi connectivity index (χ1v) is 13.8. The lowest BCUT2D eigenvalue weighted by Crippen LogP contribution is -2.48. The summed E-state index contributed by atoms with van der Waals surface area (Å²) >= 11 is 1.40. The topological polar surface area (TPSA) is 83.9 Å². The molecule has 0 radical (unpaired) electrons. The lowest BCUT2D eigenvalue weighted by molar-refractivity contribution is 0.0532. The van der Waals surface area contributed by atoms with Gasteiger partial charge in [-0.3, -0.25) is 4.90 Å². The van der Waals surface area contributed by atoms with Gasteiger partial charge in [0.1, 0.15) is 22.1 Å². The van der Waals surface area contributed by atoms with Crippen molar-refractivity contribution >= 4 is 28.3 Å². The van der Waals surface area contributed by atoms with Crippen molar-refractivity contribution in [2.75, 3.05) is 68.8 Å². The number of nitrogens with zero attached hydrogens (tertiary/aromatic N) is 6. The number of piperazine rings is 1. The molecule has 0 saturated carbocycles. The van der Waals surface area contributed by atoms with Gasteiger partial charge in [-0.15, -0.1) is 0 Å². The number of carbonyl (C=O) groups is 1. The zero-order valence-electron chi connectivity index (χ0n) is 20.8. The highest BCUT2D eigenvalue weighted by atomic mass is 32.1. The minimum Gasteiger partial charge on any atom is -0.462 e. The second-order valence-corrected chi connectivity index (χ2v) is 10.7. The molecule has 3 saturated heterocycles. The molecular formula is C25H36N6O3S. The average Bonchev–Trinajstić information content (AvgIpc) is 3.55. The maximum Gasteiger partial charge on any atom is 0.350 e. The molecule has 1 unspecified atom stereocenters. The fourth-order valence-corrected chi connectivity index (χ4v) is 6.16. The number of hydrogen-bond donors (Lipinski definition) is 0. The van der Waals surface area contributed by atoms with Crippen molar-refractivity contribution in [3.63, 3.8) is 0 Å². The molecule has 35 heavy (non-hydrogen) atoms. The number of piperidine rings is 1. The van der Waals surface area contributed by atoms with Gasteiger partial charge in [0.2, 0.25) is 0 Å². The van der Waals surface area contributed by atoms with E-state index >= 15 is 0 Å². The van der Waals surface area contributed by atoms with Gasteiger partial charge in [0.25, 0.3) is 0 Å². The number of thiazole rings is 1. The zero-order valence-corrected chi connectivity index (χ0v) is 21.6. The molecule has 2 aromatic rings. The van der Waals surface area contributed by atoms with Gasteiger partial charge in [-0.2, -0.15) is 0 Å². The molecule has 0 aliphatic carbocycles. The van der Waals surface area contributed by atoms with E-state index in [1.165, 1.54) is 30.6 Å². The summed E-state index contributed by atoms with van der Waals surface area (Å²) in [6, 6.07) is 0. The maximum atomic E-state index is 12.7. The van der Waals surface area contributed by atoms with Crippen LogP contribution in [0.2, 0.25) is 0 Å². The molecule has 5 heterocycles. The Morgan fingerprint density at radius 2 is 1.97 bits per heavy atom. The van der Waals surface area contributed by atoms with Crippen molar-refractivity contribution in [1.29, 1.82) is 0 Å². The van der Waals surface area contributed by atoms with Crippen LogP contribution >= 0.6 is 11.3 Å². The smallest absolute Gasteiger partial charge is 0.350 e. The van der Waals surface area contributed by atoms with Crippen LogP contribution in [-0.2, 0) is 9.47 Å². The zero-order chi connectivity index (χ0) is 24.2. The number of ether oxygens (including phenoxy) is 2. The molecule has 0 N–H and O–H groups in total. The van der Waals surface area contributed by atoms with Gasteiger partial charge in [0, 0.05) is 52.4 Å². The van der Waals surface area contributed by atoms with E-state index in [1.807, 2.05) is 13.1 Å². The Morgan fingerprint density at radius 3 is 2.66 bits per heavy atom.